The molecule has 1 amide bonds. The fourth-order valence-corrected chi connectivity index (χ4v) is 1.90. The number of rotatable bonds is 6. The molecule has 134 valence electrons. The van der Waals surface area contributed by atoms with Crippen LogP contribution in [0.1, 0.15) is 6.92 Å². The molecule has 0 saturated heterocycles. The van der Waals surface area contributed by atoms with Gasteiger partial charge in [-0.25, -0.2) is 4.98 Å². The van der Waals surface area contributed by atoms with Crippen molar-refractivity contribution in [2.45, 2.75) is 19.2 Å². The molecule has 0 unspecified atom stereocenters. The number of carbonyl (C=O) groups excluding carboxylic acids is 1. The predicted octanol–water partition coefficient (Wildman–Crippen LogP) is 4.08. The van der Waals surface area contributed by atoms with E-state index in [-0.39, 0.29) is 5.88 Å². The number of benzene rings is 1. The average molecular weight is 375 g/mol. The Balaban J connectivity index is 1.90. The Morgan fingerprint density at radius 3 is 2.60 bits per heavy atom. The first-order valence-corrected chi connectivity index (χ1v) is 7.50. The Hall–Kier alpha value is -2.48. The third-order valence-electron chi connectivity index (χ3n) is 2.90. The van der Waals surface area contributed by atoms with E-state index in [4.69, 9.17) is 16.3 Å². The normalized spacial score (nSPS) is 12.4. The highest BCUT2D eigenvalue weighted by molar-refractivity contribution is 6.32. The Labute approximate surface area is 146 Å². The summed E-state index contributed by atoms with van der Waals surface area (Å²) in [6, 6.07) is 9.30. The SMILES string of the molecule is C[C@H](Oc1ccccc1Cl)C(=O)Nc1ccc(OCC(F)(F)F)nc1. The quantitative estimate of drug-likeness (QED) is 0.827. The van der Waals surface area contributed by atoms with Gasteiger partial charge < -0.3 is 14.8 Å². The highest BCUT2D eigenvalue weighted by atomic mass is 35.5. The highest BCUT2D eigenvalue weighted by Gasteiger charge is 2.28. The van der Waals surface area contributed by atoms with Gasteiger partial charge in [-0.15, -0.1) is 0 Å². The van der Waals surface area contributed by atoms with Crippen molar-refractivity contribution in [1.29, 1.82) is 0 Å². The molecule has 1 N–H and O–H groups in total. The number of alkyl halides is 3. The fraction of sp³-hybridized carbons (Fsp3) is 0.250. The minimum atomic E-state index is -4.44. The van der Waals surface area contributed by atoms with Crippen molar-refractivity contribution in [1.82, 2.24) is 4.98 Å². The van der Waals surface area contributed by atoms with Gasteiger partial charge in [0.15, 0.2) is 12.7 Å². The van der Waals surface area contributed by atoms with Crippen LogP contribution in [-0.2, 0) is 4.79 Å². The van der Waals surface area contributed by atoms with Gasteiger partial charge in [0.25, 0.3) is 5.91 Å². The molecular formula is C16H14ClF3N2O3. The standard InChI is InChI=1S/C16H14ClF3N2O3/c1-10(25-13-5-3-2-4-12(13)17)15(23)22-11-6-7-14(21-8-11)24-9-16(18,19)20/h2-8,10H,9H2,1H3,(H,22,23)/t10-/m0/s1. The molecule has 1 aromatic heterocycles. The molecular weight excluding hydrogens is 361 g/mol. The molecule has 1 atom stereocenters. The van der Waals surface area contributed by atoms with Crippen LogP contribution in [0.5, 0.6) is 11.6 Å². The molecule has 2 rings (SSSR count). The number of nitrogens with zero attached hydrogens (tertiary/aromatic N) is 1. The molecule has 0 aliphatic carbocycles. The molecule has 0 aliphatic rings. The first kappa shape index (κ1) is 18.9. The first-order valence-electron chi connectivity index (χ1n) is 7.12. The molecule has 2 aromatic rings. The number of aromatic nitrogens is 1. The summed E-state index contributed by atoms with van der Waals surface area (Å²) in [5.41, 5.74) is 0.291. The van der Waals surface area contributed by atoms with Gasteiger partial charge in [0, 0.05) is 6.07 Å². The van der Waals surface area contributed by atoms with Gasteiger partial charge in [-0.1, -0.05) is 23.7 Å². The predicted molar refractivity (Wildman–Crippen MR) is 86.0 cm³/mol. The van der Waals surface area contributed by atoms with Gasteiger partial charge in [0.2, 0.25) is 5.88 Å². The Morgan fingerprint density at radius 2 is 2.00 bits per heavy atom. The van der Waals surface area contributed by atoms with E-state index in [9.17, 15) is 18.0 Å². The summed E-state index contributed by atoms with van der Waals surface area (Å²) in [6.45, 7) is 0.0985. The van der Waals surface area contributed by atoms with Crippen LogP contribution in [0.25, 0.3) is 0 Å². The number of carbonyl (C=O) groups is 1. The summed E-state index contributed by atoms with van der Waals surface area (Å²) >= 11 is 5.95. The number of ether oxygens (including phenoxy) is 2. The van der Waals surface area contributed by atoms with Gasteiger partial charge >= 0.3 is 6.18 Å². The molecule has 1 aromatic carbocycles. The van der Waals surface area contributed by atoms with Crippen LogP contribution < -0.4 is 14.8 Å². The van der Waals surface area contributed by atoms with E-state index in [1.54, 1.807) is 24.3 Å². The zero-order valence-electron chi connectivity index (χ0n) is 13.0. The van der Waals surface area contributed by atoms with Crippen LogP contribution in [-0.4, -0.2) is 29.8 Å². The largest absolute Gasteiger partial charge is 0.479 e. The summed E-state index contributed by atoms with van der Waals surface area (Å²) in [6.07, 6.45) is -4.10. The number of hydrogen-bond acceptors (Lipinski definition) is 4. The molecule has 0 radical (unpaired) electrons. The third kappa shape index (κ3) is 6.15. The minimum absolute atomic E-state index is 0.198. The summed E-state index contributed by atoms with van der Waals surface area (Å²) in [7, 11) is 0. The number of anilines is 1. The monoisotopic (exact) mass is 374 g/mol. The van der Waals surface area contributed by atoms with Crippen molar-refractivity contribution in [2.24, 2.45) is 0 Å². The van der Waals surface area contributed by atoms with Crippen molar-refractivity contribution < 1.29 is 27.4 Å². The van der Waals surface area contributed by atoms with Crippen molar-refractivity contribution in [3.63, 3.8) is 0 Å². The van der Waals surface area contributed by atoms with E-state index >= 15 is 0 Å². The molecule has 0 saturated carbocycles. The minimum Gasteiger partial charge on any atom is -0.479 e. The molecule has 25 heavy (non-hydrogen) atoms. The maximum Gasteiger partial charge on any atom is 0.422 e. The van der Waals surface area contributed by atoms with E-state index in [2.05, 4.69) is 15.0 Å². The van der Waals surface area contributed by atoms with Crippen LogP contribution in [0.2, 0.25) is 5.02 Å². The summed E-state index contributed by atoms with van der Waals surface area (Å²) in [4.78, 5) is 15.8. The highest BCUT2D eigenvalue weighted by Crippen LogP contribution is 2.24. The van der Waals surface area contributed by atoms with Crippen molar-refractivity contribution in [3.8, 4) is 11.6 Å². The second kappa shape index (κ2) is 8.06. The smallest absolute Gasteiger partial charge is 0.422 e. The summed E-state index contributed by atoms with van der Waals surface area (Å²) in [5, 5.41) is 2.90. The van der Waals surface area contributed by atoms with Gasteiger partial charge in [0.1, 0.15) is 5.75 Å². The lowest BCUT2D eigenvalue weighted by atomic mass is 10.3. The molecule has 0 fully saturated rings. The van der Waals surface area contributed by atoms with E-state index in [1.807, 2.05) is 0 Å². The molecule has 0 bridgehead atoms. The average Bonchev–Trinajstić information content (AvgIpc) is 2.55. The zero-order valence-corrected chi connectivity index (χ0v) is 13.8. The fourth-order valence-electron chi connectivity index (χ4n) is 1.72. The topological polar surface area (TPSA) is 60.5 Å². The lowest BCUT2D eigenvalue weighted by Crippen LogP contribution is -2.30. The maximum atomic E-state index is 12.1. The second-order valence-electron chi connectivity index (χ2n) is 4.97. The molecule has 9 heteroatoms. The van der Waals surface area contributed by atoms with E-state index in [0.29, 0.717) is 16.5 Å². The van der Waals surface area contributed by atoms with Crippen molar-refractivity contribution >= 4 is 23.2 Å². The van der Waals surface area contributed by atoms with E-state index in [0.717, 1.165) is 0 Å². The Kier molecular flexibility index (Phi) is 6.08. The number of amides is 1. The van der Waals surface area contributed by atoms with Gasteiger partial charge in [0.05, 0.1) is 16.9 Å². The number of pyridine rings is 1. The number of nitrogens with one attached hydrogen (secondary N) is 1. The number of halogens is 4. The molecule has 0 spiro atoms. The zero-order chi connectivity index (χ0) is 18.4. The van der Waals surface area contributed by atoms with Crippen LogP contribution in [0.15, 0.2) is 42.6 Å². The lowest BCUT2D eigenvalue weighted by Gasteiger charge is -2.15. The van der Waals surface area contributed by atoms with Crippen LogP contribution in [0, 0.1) is 0 Å². The summed E-state index contributed by atoms with van der Waals surface area (Å²) < 4.78 is 46.1. The lowest BCUT2D eigenvalue weighted by molar-refractivity contribution is -0.154. The number of para-hydroxylation sites is 1. The van der Waals surface area contributed by atoms with Crippen molar-refractivity contribution in [3.05, 3.63) is 47.6 Å². The first-order chi connectivity index (χ1) is 11.7. The maximum absolute atomic E-state index is 12.1. The van der Waals surface area contributed by atoms with E-state index in [1.165, 1.54) is 25.3 Å². The van der Waals surface area contributed by atoms with Crippen molar-refractivity contribution in [2.75, 3.05) is 11.9 Å². The van der Waals surface area contributed by atoms with Crippen LogP contribution in [0.4, 0.5) is 18.9 Å². The summed E-state index contributed by atoms with van der Waals surface area (Å²) in [5.74, 6) is -0.304. The number of hydrogen-bond donors (Lipinski definition) is 1. The van der Waals surface area contributed by atoms with Gasteiger partial charge in [-0.2, -0.15) is 13.2 Å². The Morgan fingerprint density at radius 1 is 1.28 bits per heavy atom. The molecule has 1 heterocycles. The van der Waals surface area contributed by atoms with Gasteiger partial charge in [-0.3, -0.25) is 4.79 Å². The van der Waals surface area contributed by atoms with E-state index < -0.39 is 24.8 Å². The Bertz CT molecular complexity index is 723. The third-order valence-corrected chi connectivity index (χ3v) is 3.21. The molecule has 5 nitrogen and oxygen atoms in total. The molecule has 0 aliphatic heterocycles. The van der Waals surface area contributed by atoms with Crippen LogP contribution >= 0.6 is 11.6 Å². The van der Waals surface area contributed by atoms with Gasteiger partial charge in [-0.05, 0) is 25.1 Å². The van der Waals surface area contributed by atoms with Crippen LogP contribution in [0.3, 0.4) is 0 Å². The second-order valence-corrected chi connectivity index (χ2v) is 5.38.